The second-order valence-electron chi connectivity index (χ2n) is 3.03. The Morgan fingerprint density at radius 3 is 2.50 bits per heavy atom. The molecule has 0 aliphatic rings. The summed E-state index contributed by atoms with van der Waals surface area (Å²) in [6, 6.07) is -0.166. The molecule has 3 nitrogen and oxygen atoms in total. The van der Waals surface area contributed by atoms with Crippen molar-refractivity contribution in [1.82, 2.24) is 0 Å². The molecule has 0 saturated carbocycles. The van der Waals surface area contributed by atoms with E-state index in [0.717, 1.165) is 32.2 Å². The van der Waals surface area contributed by atoms with Gasteiger partial charge in [-0.15, -0.1) is 6.58 Å². The van der Waals surface area contributed by atoms with Crippen LogP contribution in [0.3, 0.4) is 0 Å². The molecule has 12 heavy (non-hydrogen) atoms. The summed E-state index contributed by atoms with van der Waals surface area (Å²) in [5, 5.41) is 9.22. The van der Waals surface area contributed by atoms with Crippen LogP contribution in [0.4, 0.5) is 0 Å². The second kappa shape index (κ2) is 7.28. The van der Waals surface area contributed by atoms with E-state index in [4.69, 9.17) is 11.5 Å². The molecule has 5 N–H and O–H groups in total. The Labute approximate surface area is 74.4 Å². The molecular formula is C9H20N2O. The molecule has 0 radical (unpaired) electrons. The number of aliphatic hydroxyl groups excluding tert-OH is 1. The maximum Gasteiger partial charge on any atom is 0.0869 e. The highest BCUT2D eigenvalue weighted by Gasteiger charge is 2.09. The quantitative estimate of drug-likeness (QED) is 0.384. The summed E-state index contributed by atoms with van der Waals surface area (Å²) >= 11 is 0. The van der Waals surface area contributed by atoms with Crippen LogP contribution in [0.5, 0.6) is 0 Å². The summed E-state index contributed by atoms with van der Waals surface area (Å²) in [5.74, 6) is 0. The summed E-state index contributed by atoms with van der Waals surface area (Å²) in [5.41, 5.74) is 11.0. The van der Waals surface area contributed by atoms with Crippen LogP contribution in [-0.4, -0.2) is 23.8 Å². The smallest absolute Gasteiger partial charge is 0.0869 e. The monoisotopic (exact) mass is 172 g/mol. The van der Waals surface area contributed by atoms with Crippen molar-refractivity contribution in [3.8, 4) is 0 Å². The van der Waals surface area contributed by atoms with E-state index < -0.39 is 6.10 Å². The number of hydrogen-bond donors (Lipinski definition) is 3. The van der Waals surface area contributed by atoms with Crippen molar-refractivity contribution in [3.63, 3.8) is 0 Å². The van der Waals surface area contributed by atoms with Gasteiger partial charge >= 0.3 is 0 Å². The van der Waals surface area contributed by atoms with E-state index in [9.17, 15) is 5.11 Å². The normalized spacial score (nSPS) is 15.6. The zero-order valence-electron chi connectivity index (χ0n) is 7.58. The van der Waals surface area contributed by atoms with Gasteiger partial charge in [0.05, 0.1) is 6.10 Å². The lowest BCUT2D eigenvalue weighted by molar-refractivity contribution is 0.185. The lowest BCUT2D eigenvalue weighted by Gasteiger charge is -2.14. The van der Waals surface area contributed by atoms with E-state index in [1.54, 1.807) is 0 Å². The van der Waals surface area contributed by atoms with Gasteiger partial charge in [-0.3, -0.25) is 0 Å². The maximum absolute atomic E-state index is 9.22. The van der Waals surface area contributed by atoms with Gasteiger partial charge in [0.25, 0.3) is 0 Å². The number of nitrogens with two attached hydrogens (primary N) is 2. The van der Waals surface area contributed by atoms with Crippen LogP contribution in [0.15, 0.2) is 12.7 Å². The highest BCUT2D eigenvalue weighted by atomic mass is 16.3. The molecule has 0 bridgehead atoms. The third-order valence-corrected chi connectivity index (χ3v) is 1.92. The number of hydrogen-bond acceptors (Lipinski definition) is 3. The first-order chi connectivity index (χ1) is 5.72. The first-order valence-corrected chi connectivity index (χ1v) is 4.48. The van der Waals surface area contributed by atoms with E-state index in [2.05, 4.69) is 6.58 Å². The summed E-state index contributed by atoms with van der Waals surface area (Å²) in [6.07, 6.45) is 4.91. The van der Waals surface area contributed by atoms with Gasteiger partial charge in [-0.1, -0.05) is 18.9 Å². The average Bonchev–Trinajstić information content (AvgIpc) is 2.10. The minimum Gasteiger partial charge on any atom is -0.387 e. The topological polar surface area (TPSA) is 72.3 Å². The molecule has 0 rings (SSSR count). The zero-order valence-corrected chi connectivity index (χ0v) is 7.58. The van der Waals surface area contributed by atoms with E-state index in [1.165, 1.54) is 6.08 Å². The van der Waals surface area contributed by atoms with E-state index in [0.29, 0.717) is 0 Å². The molecule has 0 fully saturated rings. The molecule has 0 aromatic rings. The lowest BCUT2D eigenvalue weighted by Crippen LogP contribution is -2.32. The van der Waals surface area contributed by atoms with Gasteiger partial charge in [-0.25, -0.2) is 0 Å². The SMILES string of the molecule is C=CC(O)C(N)CCCCCN. The molecule has 2 unspecified atom stereocenters. The van der Waals surface area contributed by atoms with Crippen molar-refractivity contribution in [2.24, 2.45) is 11.5 Å². The van der Waals surface area contributed by atoms with Crippen LogP contribution in [-0.2, 0) is 0 Å². The number of rotatable bonds is 7. The van der Waals surface area contributed by atoms with Gasteiger partial charge < -0.3 is 16.6 Å². The maximum atomic E-state index is 9.22. The van der Waals surface area contributed by atoms with Crippen LogP contribution < -0.4 is 11.5 Å². The first kappa shape index (κ1) is 11.6. The highest BCUT2D eigenvalue weighted by Crippen LogP contribution is 2.04. The molecule has 0 aliphatic carbocycles. The molecule has 0 heterocycles. The van der Waals surface area contributed by atoms with Crippen molar-refractivity contribution in [3.05, 3.63) is 12.7 Å². The van der Waals surface area contributed by atoms with Crippen molar-refractivity contribution >= 4 is 0 Å². The van der Waals surface area contributed by atoms with Crippen LogP contribution in [0.2, 0.25) is 0 Å². The molecule has 2 atom stereocenters. The minimum absolute atomic E-state index is 0.166. The average molecular weight is 172 g/mol. The van der Waals surface area contributed by atoms with E-state index in [-0.39, 0.29) is 6.04 Å². The van der Waals surface area contributed by atoms with Crippen LogP contribution in [0, 0.1) is 0 Å². The van der Waals surface area contributed by atoms with Crippen molar-refractivity contribution in [1.29, 1.82) is 0 Å². The van der Waals surface area contributed by atoms with E-state index >= 15 is 0 Å². The molecule has 3 heteroatoms. The van der Waals surface area contributed by atoms with E-state index in [1.807, 2.05) is 0 Å². The van der Waals surface area contributed by atoms with Crippen LogP contribution in [0.1, 0.15) is 25.7 Å². The van der Waals surface area contributed by atoms with Gasteiger partial charge in [-0.05, 0) is 19.4 Å². The summed E-state index contributed by atoms with van der Waals surface area (Å²) in [4.78, 5) is 0. The summed E-state index contributed by atoms with van der Waals surface area (Å²) in [7, 11) is 0. The van der Waals surface area contributed by atoms with Crippen molar-refractivity contribution < 1.29 is 5.11 Å². The standard InChI is InChI=1S/C9H20N2O/c1-2-9(12)8(11)6-4-3-5-7-10/h2,8-9,12H,1,3-7,10-11H2. The van der Waals surface area contributed by atoms with Gasteiger partial charge in [0.2, 0.25) is 0 Å². The highest BCUT2D eigenvalue weighted by molar-refractivity contribution is 4.86. The summed E-state index contributed by atoms with van der Waals surface area (Å²) < 4.78 is 0. The molecule has 72 valence electrons. The Hall–Kier alpha value is -0.380. The lowest BCUT2D eigenvalue weighted by atomic mass is 10.0. The Morgan fingerprint density at radius 1 is 1.33 bits per heavy atom. The molecule has 0 aromatic carbocycles. The number of aliphatic hydroxyl groups is 1. The van der Waals surface area contributed by atoms with Gasteiger partial charge in [0.15, 0.2) is 0 Å². The van der Waals surface area contributed by atoms with Crippen molar-refractivity contribution in [2.45, 2.75) is 37.8 Å². The predicted octanol–water partition coefficient (Wildman–Crippen LogP) is 0.380. The fourth-order valence-electron chi connectivity index (χ4n) is 1.05. The Kier molecular flexibility index (Phi) is 7.05. The third kappa shape index (κ3) is 5.29. The third-order valence-electron chi connectivity index (χ3n) is 1.92. The first-order valence-electron chi connectivity index (χ1n) is 4.48. The largest absolute Gasteiger partial charge is 0.387 e. The molecule has 0 aromatic heterocycles. The van der Waals surface area contributed by atoms with Gasteiger partial charge in [-0.2, -0.15) is 0 Å². The molecule has 0 saturated heterocycles. The minimum atomic E-state index is -0.567. The van der Waals surface area contributed by atoms with Gasteiger partial charge in [0.1, 0.15) is 0 Å². The van der Waals surface area contributed by atoms with Crippen LogP contribution in [0.25, 0.3) is 0 Å². The fourth-order valence-corrected chi connectivity index (χ4v) is 1.05. The molecule has 0 spiro atoms. The number of unbranched alkanes of at least 4 members (excludes halogenated alkanes) is 2. The fraction of sp³-hybridized carbons (Fsp3) is 0.778. The molecular weight excluding hydrogens is 152 g/mol. The predicted molar refractivity (Wildman–Crippen MR) is 51.7 cm³/mol. The van der Waals surface area contributed by atoms with Gasteiger partial charge in [0, 0.05) is 6.04 Å². The Morgan fingerprint density at radius 2 is 2.00 bits per heavy atom. The molecule has 0 amide bonds. The Bertz CT molecular complexity index is 117. The summed E-state index contributed by atoms with van der Waals surface area (Å²) in [6.45, 7) is 4.21. The second-order valence-corrected chi connectivity index (χ2v) is 3.03. The zero-order chi connectivity index (χ0) is 9.40. The van der Waals surface area contributed by atoms with Crippen LogP contribution >= 0.6 is 0 Å². The Balaban J connectivity index is 3.30. The van der Waals surface area contributed by atoms with Crippen molar-refractivity contribution in [2.75, 3.05) is 6.54 Å². The molecule has 0 aliphatic heterocycles.